The normalized spacial score (nSPS) is 22.7. The van der Waals surface area contributed by atoms with Crippen molar-refractivity contribution < 1.29 is 4.39 Å². The summed E-state index contributed by atoms with van der Waals surface area (Å²) in [4.78, 5) is 4.42. The Hall–Kier alpha value is -1.26. The van der Waals surface area contributed by atoms with Gasteiger partial charge in [0.2, 0.25) is 0 Å². The van der Waals surface area contributed by atoms with Crippen molar-refractivity contribution in [2.45, 2.75) is 18.4 Å². The standard InChI is InChI=1S/C13H13FN2S/c1-15-13(12-16-6-7-17-12)5-4-9-8-10(14)2-3-11(9)13/h2-3,6-8,15H,4-5H2,1H3. The maximum atomic E-state index is 13.2. The molecule has 0 amide bonds. The molecule has 2 nitrogen and oxygen atoms in total. The third-order valence-corrected chi connectivity index (χ3v) is 4.46. The van der Waals surface area contributed by atoms with Gasteiger partial charge in [0.15, 0.2) is 0 Å². The van der Waals surface area contributed by atoms with E-state index in [-0.39, 0.29) is 11.4 Å². The van der Waals surface area contributed by atoms with Gasteiger partial charge >= 0.3 is 0 Å². The van der Waals surface area contributed by atoms with Crippen LogP contribution in [-0.2, 0) is 12.0 Å². The van der Waals surface area contributed by atoms with E-state index in [2.05, 4.69) is 10.3 Å². The maximum absolute atomic E-state index is 13.2. The zero-order valence-corrected chi connectivity index (χ0v) is 10.4. The van der Waals surface area contributed by atoms with Gasteiger partial charge in [-0.15, -0.1) is 11.3 Å². The lowest BCUT2D eigenvalue weighted by atomic mass is 9.92. The summed E-state index contributed by atoms with van der Waals surface area (Å²) in [6.45, 7) is 0. The van der Waals surface area contributed by atoms with E-state index in [0.717, 1.165) is 29.0 Å². The summed E-state index contributed by atoms with van der Waals surface area (Å²) >= 11 is 1.64. The van der Waals surface area contributed by atoms with Crippen LogP contribution in [0, 0.1) is 5.82 Å². The highest BCUT2D eigenvalue weighted by Gasteiger charge is 2.41. The average Bonchev–Trinajstić information content (AvgIpc) is 2.95. The Labute approximate surface area is 104 Å². The third-order valence-electron chi connectivity index (χ3n) is 3.52. The second kappa shape index (κ2) is 3.89. The Balaban J connectivity index is 2.17. The predicted octanol–water partition coefficient (Wildman–Crippen LogP) is 2.69. The van der Waals surface area contributed by atoms with Crippen LogP contribution in [0.1, 0.15) is 22.6 Å². The molecule has 2 aromatic rings. The number of thiazole rings is 1. The van der Waals surface area contributed by atoms with Crippen molar-refractivity contribution in [3.8, 4) is 0 Å². The molecule has 4 heteroatoms. The van der Waals surface area contributed by atoms with Crippen molar-refractivity contribution in [3.05, 3.63) is 51.7 Å². The highest BCUT2D eigenvalue weighted by atomic mass is 32.1. The Morgan fingerprint density at radius 2 is 2.35 bits per heavy atom. The van der Waals surface area contributed by atoms with E-state index >= 15 is 0 Å². The van der Waals surface area contributed by atoms with Crippen LogP contribution >= 0.6 is 11.3 Å². The molecular weight excluding hydrogens is 235 g/mol. The first-order chi connectivity index (χ1) is 8.26. The van der Waals surface area contributed by atoms with E-state index in [1.54, 1.807) is 17.4 Å². The Morgan fingerprint density at radius 1 is 1.47 bits per heavy atom. The monoisotopic (exact) mass is 248 g/mol. The zero-order chi connectivity index (χ0) is 11.9. The van der Waals surface area contributed by atoms with Crippen LogP contribution in [-0.4, -0.2) is 12.0 Å². The van der Waals surface area contributed by atoms with E-state index in [0.29, 0.717) is 0 Å². The summed E-state index contributed by atoms with van der Waals surface area (Å²) in [6.07, 6.45) is 3.66. The summed E-state index contributed by atoms with van der Waals surface area (Å²) in [5.41, 5.74) is 2.03. The molecule has 3 rings (SSSR count). The molecule has 0 spiro atoms. The highest BCUT2D eigenvalue weighted by Crippen LogP contribution is 2.42. The number of rotatable bonds is 2. The molecule has 17 heavy (non-hydrogen) atoms. The van der Waals surface area contributed by atoms with Crippen LogP contribution in [0.3, 0.4) is 0 Å². The Morgan fingerprint density at radius 3 is 3.06 bits per heavy atom. The van der Waals surface area contributed by atoms with Gasteiger partial charge in [-0.25, -0.2) is 9.37 Å². The lowest BCUT2D eigenvalue weighted by Gasteiger charge is -2.27. The van der Waals surface area contributed by atoms with Gasteiger partial charge in [0.05, 0.1) is 5.54 Å². The first kappa shape index (κ1) is 10.9. The first-order valence-corrected chi connectivity index (χ1v) is 6.52. The fourth-order valence-electron chi connectivity index (χ4n) is 2.67. The van der Waals surface area contributed by atoms with Gasteiger partial charge in [0, 0.05) is 11.6 Å². The molecule has 0 fully saturated rings. The average molecular weight is 248 g/mol. The minimum absolute atomic E-state index is 0.158. The summed E-state index contributed by atoms with van der Waals surface area (Å²) in [6, 6.07) is 5.06. The van der Waals surface area contributed by atoms with E-state index in [4.69, 9.17) is 0 Å². The molecule has 0 aliphatic heterocycles. The van der Waals surface area contributed by atoms with Gasteiger partial charge in [-0.2, -0.15) is 0 Å². The van der Waals surface area contributed by atoms with Gasteiger partial charge in [-0.3, -0.25) is 0 Å². The van der Waals surface area contributed by atoms with Crippen LogP contribution < -0.4 is 5.32 Å². The third kappa shape index (κ3) is 1.51. The molecule has 0 radical (unpaired) electrons. The van der Waals surface area contributed by atoms with Crippen LogP contribution in [0.25, 0.3) is 0 Å². The van der Waals surface area contributed by atoms with E-state index in [1.807, 2.05) is 24.7 Å². The highest BCUT2D eigenvalue weighted by molar-refractivity contribution is 7.09. The summed E-state index contributed by atoms with van der Waals surface area (Å²) < 4.78 is 13.2. The van der Waals surface area contributed by atoms with Crippen molar-refractivity contribution >= 4 is 11.3 Å². The van der Waals surface area contributed by atoms with Crippen LogP contribution in [0.2, 0.25) is 0 Å². The van der Waals surface area contributed by atoms with Crippen LogP contribution in [0.4, 0.5) is 4.39 Å². The lowest BCUT2D eigenvalue weighted by molar-refractivity contribution is 0.434. The predicted molar refractivity (Wildman–Crippen MR) is 66.7 cm³/mol. The summed E-state index contributed by atoms with van der Waals surface area (Å²) in [7, 11) is 1.94. The molecule has 1 unspecified atom stereocenters. The van der Waals surface area contributed by atoms with Crippen molar-refractivity contribution in [3.63, 3.8) is 0 Å². The Kier molecular flexibility index (Phi) is 2.49. The molecule has 0 saturated heterocycles. The molecule has 1 heterocycles. The van der Waals surface area contributed by atoms with Gasteiger partial charge in [-0.1, -0.05) is 6.07 Å². The minimum atomic E-state index is -0.225. The molecule has 1 N–H and O–H groups in total. The number of benzene rings is 1. The number of aromatic nitrogens is 1. The fraction of sp³-hybridized carbons (Fsp3) is 0.308. The molecule has 1 atom stereocenters. The molecule has 1 aromatic carbocycles. The molecule has 0 saturated carbocycles. The molecule has 1 aliphatic carbocycles. The van der Waals surface area contributed by atoms with Crippen molar-refractivity contribution in [1.82, 2.24) is 10.3 Å². The number of nitrogens with zero attached hydrogens (tertiary/aromatic N) is 1. The smallest absolute Gasteiger partial charge is 0.123 e. The maximum Gasteiger partial charge on any atom is 0.123 e. The van der Waals surface area contributed by atoms with Crippen molar-refractivity contribution in [2.75, 3.05) is 7.05 Å². The van der Waals surface area contributed by atoms with Gasteiger partial charge in [0.1, 0.15) is 10.8 Å². The quantitative estimate of drug-likeness (QED) is 0.884. The van der Waals surface area contributed by atoms with Gasteiger partial charge in [-0.05, 0) is 43.1 Å². The fourth-order valence-corrected chi connectivity index (χ4v) is 3.55. The molecular formula is C13H13FN2S. The first-order valence-electron chi connectivity index (χ1n) is 5.64. The summed E-state index contributed by atoms with van der Waals surface area (Å²) in [5.74, 6) is -0.158. The largest absolute Gasteiger partial charge is 0.305 e. The zero-order valence-electron chi connectivity index (χ0n) is 9.53. The van der Waals surface area contributed by atoms with Gasteiger partial charge in [0.25, 0.3) is 0 Å². The number of nitrogens with one attached hydrogen (secondary N) is 1. The number of halogens is 1. The van der Waals surface area contributed by atoms with Crippen molar-refractivity contribution in [2.24, 2.45) is 0 Å². The Bertz CT molecular complexity index is 538. The molecule has 1 aromatic heterocycles. The van der Waals surface area contributed by atoms with Crippen LogP contribution in [0.5, 0.6) is 0 Å². The summed E-state index contributed by atoms with van der Waals surface area (Å²) in [5, 5.41) is 6.42. The molecule has 0 bridgehead atoms. The second-order valence-electron chi connectivity index (χ2n) is 4.29. The van der Waals surface area contributed by atoms with E-state index in [1.165, 1.54) is 6.07 Å². The number of hydrogen-bond acceptors (Lipinski definition) is 3. The van der Waals surface area contributed by atoms with E-state index < -0.39 is 0 Å². The number of fused-ring (bicyclic) bond motifs is 1. The van der Waals surface area contributed by atoms with Crippen LogP contribution in [0.15, 0.2) is 29.8 Å². The molecule has 1 aliphatic rings. The second-order valence-corrected chi connectivity index (χ2v) is 5.19. The van der Waals surface area contributed by atoms with E-state index in [9.17, 15) is 4.39 Å². The molecule has 88 valence electrons. The topological polar surface area (TPSA) is 24.9 Å². The lowest BCUT2D eigenvalue weighted by Crippen LogP contribution is -2.38. The van der Waals surface area contributed by atoms with Crippen molar-refractivity contribution in [1.29, 1.82) is 0 Å². The number of aryl methyl sites for hydroxylation is 1. The minimum Gasteiger partial charge on any atom is -0.305 e. The SMILES string of the molecule is CNC1(c2nccs2)CCc2cc(F)ccc21. The number of hydrogen-bond donors (Lipinski definition) is 1. The van der Waals surface area contributed by atoms with Gasteiger partial charge < -0.3 is 5.32 Å².